The maximum absolute atomic E-state index is 13.0. The number of fused-ring (bicyclic) bond motifs is 1. The van der Waals surface area contributed by atoms with Crippen molar-refractivity contribution >= 4 is 38.1 Å². The van der Waals surface area contributed by atoms with E-state index in [1.54, 1.807) is 29.2 Å². The van der Waals surface area contributed by atoms with Gasteiger partial charge in [0.1, 0.15) is 0 Å². The van der Waals surface area contributed by atoms with E-state index in [9.17, 15) is 13.2 Å². The lowest BCUT2D eigenvalue weighted by Gasteiger charge is -2.20. The number of carbonyl (C=O) groups is 1. The van der Waals surface area contributed by atoms with E-state index in [2.05, 4.69) is 0 Å². The van der Waals surface area contributed by atoms with Crippen LogP contribution >= 0.6 is 11.6 Å². The van der Waals surface area contributed by atoms with Crippen molar-refractivity contribution in [3.8, 4) is 0 Å². The summed E-state index contributed by atoms with van der Waals surface area (Å²) in [7, 11) is -3.39. The predicted octanol–water partition coefficient (Wildman–Crippen LogP) is 4.42. The van der Waals surface area contributed by atoms with Crippen molar-refractivity contribution in [1.29, 1.82) is 0 Å². The Morgan fingerprint density at radius 1 is 0.966 bits per heavy atom. The van der Waals surface area contributed by atoms with E-state index in [-0.39, 0.29) is 24.6 Å². The molecule has 0 N–H and O–H groups in total. The van der Waals surface area contributed by atoms with Crippen LogP contribution in [0.3, 0.4) is 0 Å². The average molecular weight is 428 g/mol. The maximum Gasteiger partial charge on any atom is 0.227 e. The van der Waals surface area contributed by atoms with E-state index in [1.165, 1.54) is 0 Å². The molecule has 0 aliphatic carbocycles. The van der Waals surface area contributed by atoms with Gasteiger partial charge in [-0.1, -0.05) is 72.3 Å². The molecule has 0 radical (unpaired) electrons. The van der Waals surface area contributed by atoms with Gasteiger partial charge in [-0.25, -0.2) is 8.42 Å². The Balaban J connectivity index is 1.55. The molecule has 6 heteroatoms. The highest BCUT2D eigenvalue weighted by molar-refractivity contribution is 7.91. The standard InChI is InChI=1S/C23H22ClNO3S/c24-21-11-4-3-10-20(21)22-12-13-25(14-15-29(22,27)28)23(26)16-18-8-5-7-17-6-1-2-9-19(17)18/h1-11,22H,12-16H2/t22-/m0/s1. The van der Waals surface area contributed by atoms with Crippen LogP contribution in [0, 0.1) is 0 Å². The summed E-state index contributed by atoms with van der Waals surface area (Å²) in [6, 6.07) is 21.0. The zero-order valence-electron chi connectivity index (χ0n) is 15.9. The minimum atomic E-state index is -3.39. The summed E-state index contributed by atoms with van der Waals surface area (Å²) in [5.41, 5.74) is 1.58. The van der Waals surface area contributed by atoms with E-state index in [1.807, 2.05) is 42.5 Å². The number of benzene rings is 3. The van der Waals surface area contributed by atoms with Crippen LogP contribution in [-0.4, -0.2) is 38.1 Å². The van der Waals surface area contributed by atoms with Crippen LogP contribution in [0.15, 0.2) is 66.7 Å². The Kier molecular flexibility index (Phi) is 5.61. The first-order valence-electron chi connectivity index (χ1n) is 9.66. The fraction of sp³-hybridized carbons (Fsp3) is 0.261. The normalized spacial score (nSPS) is 19.1. The molecule has 1 amide bonds. The van der Waals surface area contributed by atoms with E-state index in [4.69, 9.17) is 11.6 Å². The molecule has 1 atom stereocenters. The molecule has 4 nitrogen and oxygen atoms in total. The topological polar surface area (TPSA) is 54.5 Å². The predicted molar refractivity (Wildman–Crippen MR) is 117 cm³/mol. The van der Waals surface area contributed by atoms with Crippen molar-refractivity contribution in [2.24, 2.45) is 0 Å². The van der Waals surface area contributed by atoms with E-state index in [0.29, 0.717) is 23.6 Å². The van der Waals surface area contributed by atoms with Crippen LogP contribution in [0.25, 0.3) is 10.8 Å². The summed E-state index contributed by atoms with van der Waals surface area (Å²) in [5, 5.41) is 1.93. The second-order valence-electron chi connectivity index (χ2n) is 7.36. The molecule has 3 aromatic rings. The molecule has 0 unspecified atom stereocenters. The first kappa shape index (κ1) is 19.9. The third-order valence-corrected chi connectivity index (χ3v) is 8.02. The summed E-state index contributed by atoms with van der Waals surface area (Å²) < 4.78 is 25.7. The van der Waals surface area contributed by atoms with Gasteiger partial charge in [-0.3, -0.25) is 4.79 Å². The van der Waals surface area contributed by atoms with Crippen LogP contribution in [-0.2, 0) is 21.1 Å². The number of rotatable bonds is 3. The van der Waals surface area contributed by atoms with Gasteiger partial charge in [0.15, 0.2) is 9.84 Å². The SMILES string of the molecule is O=C(Cc1cccc2ccccc12)N1CC[C@@H](c2ccccc2Cl)S(=O)(=O)CC1. The zero-order chi connectivity index (χ0) is 20.4. The van der Waals surface area contributed by atoms with Crippen LogP contribution < -0.4 is 0 Å². The summed E-state index contributed by atoms with van der Waals surface area (Å²) >= 11 is 6.25. The van der Waals surface area contributed by atoms with Crippen molar-refractivity contribution < 1.29 is 13.2 Å². The first-order chi connectivity index (χ1) is 14.0. The van der Waals surface area contributed by atoms with Crippen molar-refractivity contribution in [3.05, 3.63) is 82.9 Å². The molecule has 1 fully saturated rings. The molecule has 29 heavy (non-hydrogen) atoms. The zero-order valence-corrected chi connectivity index (χ0v) is 17.5. The van der Waals surface area contributed by atoms with Gasteiger partial charge < -0.3 is 4.90 Å². The summed E-state index contributed by atoms with van der Waals surface area (Å²) in [6.45, 7) is 0.617. The molecule has 3 aromatic carbocycles. The highest BCUT2D eigenvalue weighted by atomic mass is 35.5. The van der Waals surface area contributed by atoms with Crippen LogP contribution in [0.1, 0.15) is 22.8 Å². The second kappa shape index (κ2) is 8.17. The van der Waals surface area contributed by atoms with Crippen LogP contribution in [0.4, 0.5) is 0 Å². The summed E-state index contributed by atoms with van der Waals surface area (Å²) in [5.74, 6) is -0.0965. The number of hydrogen-bond donors (Lipinski definition) is 0. The Bertz CT molecular complexity index is 1150. The number of hydrogen-bond acceptors (Lipinski definition) is 3. The fourth-order valence-electron chi connectivity index (χ4n) is 4.00. The molecule has 1 aliphatic rings. The summed E-state index contributed by atoms with van der Waals surface area (Å²) in [4.78, 5) is 14.7. The smallest absolute Gasteiger partial charge is 0.227 e. The van der Waals surface area contributed by atoms with Gasteiger partial charge in [0.25, 0.3) is 0 Å². The molecule has 1 saturated heterocycles. The monoisotopic (exact) mass is 427 g/mol. The van der Waals surface area contributed by atoms with Crippen molar-refractivity contribution in [2.75, 3.05) is 18.8 Å². The van der Waals surface area contributed by atoms with Crippen LogP contribution in [0.5, 0.6) is 0 Å². The van der Waals surface area contributed by atoms with Gasteiger partial charge in [-0.05, 0) is 34.4 Å². The Labute approximate surface area is 176 Å². The van der Waals surface area contributed by atoms with Gasteiger partial charge in [0.2, 0.25) is 5.91 Å². The van der Waals surface area contributed by atoms with Gasteiger partial charge in [0, 0.05) is 18.1 Å². The van der Waals surface area contributed by atoms with Gasteiger partial charge in [0.05, 0.1) is 17.4 Å². The molecule has 0 saturated carbocycles. The van der Waals surface area contributed by atoms with Crippen LogP contribution in [0.2, 0.25) is 5.02 Å². The van der Waals surface area contributed by atoms with Gasteiger partial charge >= 0.3 is 0 Å². The molecule has 1 aliphatic heterocycles. The number of nitrogens with zero attached hydrogens (tertiary/aromatic N) is 1. The number of amides is 1. The molecule has 1 heterocycles. The lowest BCUT2D eigenvalue weighted by atomic mass is 10.0. The molecule has 0 bridgehead atoms. The molecule has 0 aromatic heterocycles. The first-order valence-corrected chi connectivity index (χ1v) is 11.8. The lowest BCUT2D eigenvalue weighted by Crippen LogP contribution is -2.34. The molecule has 0 spiro atoms. The second-order valence-corrected chi connectivity index (χ2v) is 10.1. The quantitative estimate of drug-likeness (QED) is 0.621. The molecular weight excluding hydrogens is 406 g/mol. The average Bonchev–Trinajstić information content (AvgIpc) is 2.87. The Morgan fingerprint density at radius 2 is 1.69 bits per heavy atom. The van der Waals surface area contributed by atoms with Gasteiger partial charge in [-0.2, -0.15) is 0 Å². The van der Waals surface area contributed by atoms with E-state index < -0.39 is 15.1 Å². The lowest BCUT2D eigenvalue weighted by molar-refractivity contribution is -0.130. The van der Waals surface area contributed by atoms with Gasteiger partial charge in [-0.15, -0.1) is 0 Å². The molecule has 150 valence electrons. The van der Waals surface area contributed by atoms with Crippen molar-refractivity contribution in [3.63, 3.8) is 0 Å². The van der Waals surface area contributed by atoms with Crippen molar-refractivity contribution in [2.45, 2.75) is 18.1 Å². The summed E-state index contributed by atoms with van der Waals surface area (Å²) in [6.07, 6.45) is 0.617. The Morgan fingerprint density at radius 3 is 2.52 bits per heavy atom. The molecular formula is C23H22ClNO3S. The number of halogens is 1. The largest absolute Gasteiger partial charge is 0.341 e. The Hall–Kier alpha value is -2.37. The highest BCUT2D eigenvalue weighted by Gasteiger charge is 2.33. The third kappa shape index (κ3) is 4.16. The minimum Gasteiger partial charge on any atom is -0.341 e. The third-order valence-electron chi connectivity index (χ3n) is 5.57. The van der Waals surface area contributed by atoms with E-state index in [0.717, 1.165) is 16.3 Å². The van der Waals surface area contributed by atoms with E-state index >= 15 is 0 Å². The maximum atomic E-state index is 13.0. The minimum absolute atomic E-state index is 0.0450. The number of sulfone groups is 1. The molecule has 4 rings (SSSR count). The highest BCUT2D eigenvalue weighted by Crippen LogP contribution is 2.34. The van der Waals surface area contributed by atoms with Crippen molar-refractivity contribution in [1.82, 2.24) is 4.90 Å². The number of carbonyl (C=O) groups excluding carboxylic acids is 1. The fourth-order valence-corrected chi connectivity index (χ4v) is 6.15.